The zero-order valence-corrected chi connectivity index (χ0v) is 13.7. The van der Waals surface area contributed by atoms with E-state index in [9.17, 15) is 0 Å². The first-order valence-corrected chi connectivity index (χ1v) is 7.54. The highest BCUT2D eigenvalue weighted by atomic mass is 16.7. The third-order valence-corrected chi connectivity index (χ3v) is 4.66. The van der Waals surface area contributed by atoms with E-state index in [0.717, 1.165) is 5.47 Å². The van der Waals surface area contributed by atoms with Crippen LogP contribution < -0.4 is 0 Å². The molecule has 2 nitrogen and oxygen atoms in total. The van der Waals surface area contributed by atoms with Crippen molar-refractivity contribution in [3.8, 4) is 0 Å². The topological polar surface area (TPSA) is 18.5 Å². The first-order chi connectivity index (χ1) is 9.14. The summed E-state index contributed by atoms with van der Waals surface area (Å²) >= 11 is 0. The van der Waals surface area contributed by atoms with Crippen molar-refractivity contribution in [2.24, 2.45) is 5.92 Å². The Hall–Kier alpha value is -0.795. The van der Waals surface area contributed by atoms with E-state index < -0.39 is 0 Å². The molecule has 0 bridgehead atoms. The maximum atomic E-state index is 6.13. The molecule has 0 aromatic rings. The molecule has 1 saturated heterocycles. The molecule has 20 heavy (non-hydrogen) atoms. The first-order valence-electron chi connectivity index (χ1n) is 7.54. The van der Waals surface area contributed by atoms with Crippen LogP contribution in [0.2, 0.25) is 0 Å². The smallest absolute Gasteiger partial charge is 0.399 e. The molecule has 2 aliphatic rings. The summed E-state index contributed by atoms with van der Waals surface area (Å²) in [5.74, 6) is 0.697. The monoisotopic (exact) mass is 274 g/mol. The van der Waals surface area contributed by atoms with Gasteiger partial charge in [0.2, 0.25) is 0 Å². The molecular formula is C17H27BO2. The van der Waals surface area contributed by atoms with Gasteiger partial charge in [0, 0.05) is 0 Å². The summed E-state index contributed by atoms with van der Waals surface area (Å²) in [6.07, 6.45) is 6.82. The van der Waals surface area contributed by atoms with Gasteiger partial charge < -0.3 is 9.31 Å². The van der Waals surface area contributed by atoms with Crippen LogP contribution in [-0.2, 0) is 9.31 Å². The lowest BCUT2D eigenvalue weighted by Gasteiger charge is -2.32. The second kappa shape index (κ2) is 5.20. The molecule has 0 atom stereocenters. The van der Waals surface area contributed by atoms with Crippen LogP contribution in [0.1, 0.15) is 54.4 Å². The van der Waals surface area contributed by atoms with Crippen LogP contribution in [0.4, 0.5) is 0 Å². The fourth-order valence-corrected chi connectivity index (χ4v) is 2.24. The Morgan fingerprint density at radius 3 is 1.95 bits per heavy atom. The second-order valence-electron chi connectivity index (χ2n) is 7.23. The largest absolute Gasteiger partial charge is 0.494 e. The minimum Gasteiger partial charge on any atom is -0.399 e. The van der Waals surface area contributed by atoms with Gasteiger partial charge in [-0.1, -0.05) is 29.9 Å². The molecule has 0 N–H and O–H groups in total. The molecule has 1 aliphatic carbocycles. The zero-order valence-electron chi connectivity index (χ0n) is 13.7. The number of hydrogen-bond donors (Lipinski definition) is 0. The van der Waals surface area contributed by atoms with Gasteiger partial charge in [0.05, 0.1) is 11.2 Å². The van der Waals surface area contributed by atoms with Gasteiger partial charge in [-0.05, 0) is 65.8 Å². The van der Waals surface area contributed by atoms with E-state index in [1.165, 1.54) is 24.0 Å². The molecular weight excluding hydrogens is 247 g/mol. The molecule has 0 aromatic carbocycles. The van der Waals surface area contributed by atoms with Crippen LogP contribution in [0.15, 0.2) is 35.3 Å². The third kappa shape index (κ3) is 3.10. The highest BCUT2D eigenvalue weighted by Crippen LogP contribution is 2.40. The molecule has 2 rings (SSSR count). The number of allylic oxidation sites excluding steroid dienone is 5. The maximum Gasteiger partial charge on any atom is 0.494 e. The minimum atomic E-state index is -0.292. The van der Waals surface area contributed by atoms with Gasteiger partial charge in [0.1, 0.15) is 0 Å². The molecule has 0 unspecified atom stereocenters. The van der Waals surface area contributed by atoms with Gasteiger partial charge in [0.25, 0.3) is 0 Å². The van der Waals surface area contributed by atoms with Crippen molar-refractivity contribution in [1.82, 2.24) is 0 Å². The van der Waals surface area contributed by atoms with Gasteiger partial charge in [-0.15, -0.1) is 0 Å². The standard InChI is InChI=1S/C17H27BO2/c1-12(2)15(11-8-13(3)14-9-10-14)18-19-16(4,5)17(6,7)20-18/h8,11,14H,3,9-10H2,1-2,4-7H3/b11-8-. The number of hydrogen-bond acceptors (Lipinski definition) is 2. The van der Waals surface area contributed by atoms with Crippen LogP contribution in [0.5, 0.6) is 0 Å². The van der Waals surface area contributed by atoms with E-state index in [4.69, 9.17) is 9.31 Å². The minimum absolute atomic E-state index is 0.284. The molecule has 0 amide bonds. The third-order valence-electron chi connectivity index (χ3n) is 4.66. The van der Waals surface area contributed by atoms with E-state index in [-0.39, 0.29) is 18.3 Å². The van der Waals surface area contributed by atoms with Gasteiger partial charge in [-0.25, -0.2) is 0 Å². The molecule has 3 heteroatoms. The fourth-order valence-electron chi connectivity index (χ4n) is 2.24. The Bertz CT molecular complexity index is 447. The molecule has 0 radical (unpaired) electrons. The average molecular weight is 274 g/mol. The Balaban J connectivity index is 2.15. The highest BCUT2D eigenvalue weighted by molar-refractivity contribution is 6.55. The second-order valence-corrected chi connectivity index (χ2v) is 7.23. The lowest BCUT2D eigenvalue weighted by Crippen LogP contribution is -2.41. The SMILES string of the molecule is C=C(/C=C\C(B1OC(C)(C)C(C)(C)O1)=C(C)C)C1CC1. The Morgan fingerprint density at radius 1 is 1.05 bits per heavy atom. The van der Waals surface area contributed by atoms with E-state index in [1.807, 2.05) is 0 Å². The summed E-state index contributed by atoms with van der Waals surface area (Å²) in [6, 6.07) is 0. The Kier molecular flexibility index (Phi) is 4.05. The molecule has 0 aromatic heterocycles. The predicted molar refractivity (Wildman–Crippen MR) is 85.5 cm³/mol. The van der Waals surface area contributed by atoms with Crippen molar-refractivity contribution >= 4 is 7.12 Å². The van der Waals surface area contributed by atoms with Crippen LogP contribution in [0.25, 0.3) is 0 Å². The van der Waals surface area contributed by atoms with Gasteiger partial charge in [-0.3, -0.25) is 0 Å². The summed E-state index contributed by atoms with van der Waals surface area (Å²) in [6.45, 7) is 16.7. The van der Waals surface area contributed by atoms with Gasteiger partial charge in [0.15, 0.2) is 0 Å². The van der Waals surface area contributed by atoms with Crippen LogP contribution in [-0.4, -0.2) is 18.3 Å². The summed E-state index contributed by atoms with van der Waals surface area (Å²) in [5, 5.41) is 0. The summed E-state index contributed by atoms with van der Waals surface area (Å²) < 4.78 is 12.3. The van der Waals surface area contributed by atoms with E-state index in [0.29, 0.717) is 5.92 Å². The molecule has 0 spiro atoms. The molecule has 1 aliphatic heterocycles. The summed E-state index contributed by atoms with van der Waals surface area (Å²) in [7, 11) is -0.284. The predicted octanol–water partition coefficient (Wildman–Crippen LogP) is 4.48. The normalized spacial score (nSPS) is 24.2. The van der Waals surface area contributed by atoms with E-state index >= 15 is 0 Å². The Labute approximate surface area is 124 Å². The van der Waals surface area contributed by atoms with E-state index in [2.05, 4.69) is 60.3 Å². The maximum absolute atomic E-state index is 6.13. The van der Waals surface area contributed by atoms with Crippen molar-refractivity contribution < 1.29 is 9.31 Å². The van der Waals surface area contributed by atoms with Crippen LogP contribution in [0, 0.1) is 5.92 Å². The van der Waals surface area contributed by atoms with Crippen molar-refractivity contribution in [2.75, 3.05) is 0 Å². The zero-order chi connectivity index (χ0) is 15.1. The molecule has 110 valence electrons. The molecule has 1 saturated carbocycles. The number of rotatable bonds is 4. The lowest BCUT2D eigenvalue weighted by molar-refractivity contribution is 0.00578. The van der Waals surface area contributed by atoms with Gasteiger partial charge >= 0.3 is 7.12 Å². The van der Waals surface area contributed by atoms with Crippen molar-refractivity contribution in [1.29, 1.82) is 0 Å². The van der Waals surface area contributed by atoms with Gasteiger partial charge in [-0.2, -0.15) is 0 Å². The van der Waals surface area contributed by atoms with E-state index in [1.54, 1.807) is 0 Å². The molecule has 1 heterocycles. The quantitative estimate of drug-likeness (QED) is 0.556. The van der Waals surface area contributed by atoms with Crippen molar-refractivity contribution in [3.63, 3.8) is 0 Å². The summed E-state index contributed by atoms with van der Waals surface area (Å²) in [5.41, 5.74) is 2.98. The Morgan fingerprint density at radius 2 is 1.55 bits per heavy atom. The summed E-state index contributed by atoms with van der Waals surface area (Å²) in [4.78, 5) is 0. The first kappa shape index (κ1) is 15.6. The lowest BCUT2D eigenvalue weighted by atomic mass is 9.75. The molecule has 2 fully saturated rings. The van der Waals surface area contributed by atoms with Crippen molar-refractivity contribution in [2.45, 2.75) is 65.6 Å². The highest BCUT2D eigenvalue weighted by Gasteiger charge is 2.52. The van der Waals surface area contributed by atoms with Crippen molar-refractivity contribution in [3.05, 3.63) is 35.3 Å². The van der Waals surface area contributed by atoms with Crippen LogP contribution in [0.3, 0.4) is 0 Å². The fraction of sp³-hybridized carbons (Fsp3) is 0.647. The average Bonchev–Trinajstić information content (AvgIpc) is 3.07. The van der Waals surface area contributed by atoms with Crippen LogP contribution >= 0.6 is 0 Å².